The molecule has 0 saturated heterocycles. The van der Waals surface area contributed by atoms with Crippen LogP contribution in [-0.2, 0) is 0 Å². The van der Waals surface area contributed by atoms with E-state index in [-0.39, 0.29) is 12.6 Å². The van der Waals surface area contributed by atoms with Crippen LogP contribution >= 0.6 is 15.9 Å². The van der Waals surface area contributed by atoms with Gasteiger partial charge in [0.25, 0.3) is 0 Å². The summed E-state index contributed by atoms with van der Waals surface area (Å²) in [6, 6.07) is 14.2. The Bertz CT molecular complexity index is 568. The van der Waals surface area contributed by atoms with E-state index in [2.05, 4.69) is 53.3 Å². The van der Waals surface area contributed by atoms with Gasteiger partial charge < -0.3 is 10.4 Å². The number of benzene rings is 2. The Balaban J connectivity index is 2.25. The summed E-state index contributed by atoms with van der Waals surface area (Å²) in [5, 5.41) is 13.0. The van der Waals surface area contributed by atoms with Crippen molar-refractivity contribution in [2.75, 3.05) is 11.9 Å². The summed E-state index contributed by atoms with van der Waals surface area (Å²) >= 11 is 3.45. The highest BCUT2D eigenvalue weighted by atomic mass is 79.9. The Morgan fingerprint density at radius 1 is 1.16 bits per heavy atom. The lowest BCUT2D eigenvalue weighted by Crippen LogP contribution is -2.16. The second-order valence-electron chi connectivity index (χ2n) is 4.75. The largest absolute Gasteiger partial charge is 0.394 e. The molecule has 0 aliphatic rings. The Morgan fingerprint density at radius 3 is 2.58 bits per heavy atom. The average Bonchev–Trinajstić information content (AvgIpc) is 2.37. The third-order valence-corrected chi connectivity index (χ3v) is 3.64. The van der Waals surface area contributed by atoms with Crippen LogP contribution in [0, 0.1) is 13.8 Å². The number of nitrogens with one attached hydrogen (secondary N) is 1. The lowest BCUT2D eigenvalue weighted by Gasteiger charge is -2.20. The molecule has 1 unspecified atom stereocenters. The summed E-state index contributed by atoms with van der Waals surface area (Å²) in [4.78, 5) is 0. The molecule has 3 heteroatoms. The fourth-order valence-electron chi connectivity index (χ4n) is 2.22. The molecule has 2 aromatic carbocycles. The van der Waals surface area contributed by atoms with E-state index in [4.69, 9.17) is 0 Å². The van der Waals surface area contributed by atoms with E-state index in [1.165, 1.54) is 11.1 Å². The first-order chi connectivity index (χ1) is 9.10. The van der Waals surface area contributed by atoms with E-state index >= 15 is 0 Å². The smallest absolute Gasteiger partial charge is 0.0747 e. The molecule has 0 aromatic heterocycles. The number of hydrogen-bond donors (Lipinski definition) is 2. The van der Waals surface area contributed by atoms with E-state index in [9.17, 15) is 5.11 Å². The van der Waals surface area contributed by atoms with Gasteiger partial charge in [-0.25, -0.2) is 0 Å². The Morgan fingerprint density at radius 2 is 1.95 bits per heavy atom. The molecule has 0 heterocycles. The fraction of sp³-hybridized carbons (Fsp3) is 0.250. The van der Waals surface area contributed by atoms with Crippen molar-refractivity contribution in [1.82, 2.24) is 0 Å². The van der Waals surface area contributed by atoms with Crippen LogP contribution in [-0.4, -0.2) is 11.7 Å². The molecule has 0 bridgehead atoms. The molecule has 0 fully saturated rings. The van der Waals surface area contributed by atoms with Crippen molar-refractivity contribution >= 4 is 21.6 Å². The molecule has 0 amide bonds. The summed E-state index contributed by atoms with van der Waals surface area (Å²) in [5.41, 5.74) is 4.56. The van der Waals surface area contributed by atoms with Gasteiger partial charge in [-0.05, 0) is 43.2 Å². The van der Waals surface area contributed by atoms with Crippen molar-refractivity contribution in [1.29, 1.82) is 0 Å². The third kappa shape index (κ3) is 3.58. The quantitative estimate of drug-likeness (QED) is 0.884. The zero-order chi connectivity index (χ0) is 13.8. The van der Waals surface area contributed by atoms with Gasteiger partial charge in [0.15, 0.2) is 0 Å². The predicted octanol–water partition coefficient (Wildman–Crippen LogP) is 4.21. The zero-order valence-electron chi connectivity index (χ0n) is 11.2. The van der Waals surface area contributed by atoms with Gasteiger partial charge in [-0.15, -0.1) is 0 Å². The van der Waals surface area contributed by atoms with E-state index in [0.717, 1.165) is 15.7 Å². The first kappa shape index (κ1) is 14.1. The fourth-order valence-corrected chi connectivity index (χ4v) is 2.62. The van der Waals surface area contributed by atoms with Gasteiger partial charge in [0, 0.05) is 10.2 Å². The number of anilines is 1. The van der Waals surface area contributed by atoms with Gasteiger partial charge in [-0.2, -0.15) is 0 Å². The van der Waals surface area contributed by atoms with Crippen molar-refractivity contribution in [3.8, 4) is 0 Å². The van der Waals surface area contributed by atoms with Crippen LogP contribution in [0.25, 0.3) is 0 Å². The maximum atomic E-state index is 9.63. The van der Waals surface area contributed by atoms with Crippen molar-refractivity contribution in [2.45, 2.75) is 19.9 Å². The maximum Gasteiger partial charge on any atom is 0.0747 e. The average molecular weight is 320 g/mol. The van der Waals surface area contributed by atoms with Gasteiger partial charge in [0.2, 0.25) is 0 Å². The van der Waals surface area contributed by atoms with Crippen molar-refractivity contribution in [3.05, 3.63) is 63.6 Å². The molecule has 2 nitrogen and oxygen atoms in total. The first-order valence-corrected chi connectivity index (χ1v) is 7.09. The van der Waals surface area contributed by atoms with Gasteiger partial charge in [0.1, 0.15) is 0 Å². The lowest BCUT2D eigenvalue weighted by atomic mass is 9.99. The minimum atomic E-state index is -0.0881. The molecule has 0 saturated carbocycles. The SMILES string of the molecule is Cc1ccc(C(CO)Nc2cccc(Br)c2)c(C)c1. The number of aliphatic hydroxyl groups excluding tert-OH is 1. The topological polar surface area (TPSA) is 32.3 Å². The molecule has 1 atom stereocenters. The molecule has 0 aliphatic carbocycles. The van der Waals surface area contributed by atoms with Crippen LogP contribution in [0.1, 0.15) is 22.7 Å². The molecule has 100 valence electrons. The Labute approximate surface area is 122 Å². The molecule has 2 N–H and O–H groups in total. The van der Waals surface area contributed by atoms with Crippen LogP contribution in [0.3, 0.4) is 0 Å². The van der Waals surface area contributed by atoms with Gasteiger partial charge >= 0.3 is 0 Å². The summed E-state index contributed by atoms with van der Waals surface area (Å²) in [5.74, 6) is 0. The zero-order valence-corrected chi connectivity index (χ0v) is 12.7. The number of aliphatic hydroxyl groups is 1. The van der Waals surface area contributed by atoms with E-state index in [1.807, 2.05) is 24.3 Å². The summed E-state index contributed by atoms with van der Waals surface area (Å²) in [7, 11) is 0. The van der Waals surface area contributed by atoms with Crippen molar-refractivity contribution < 1.29 is 5.11 Å². The van der Waals surface area contributed by atoms with Gasteiger partial charge in [-0.1, -0.05) is 45.8 Å². The number of rotatable bonds is 4. The predicted molar refractivity (Wildman–Crippen MR) is 83.5 cm³/mol. The standard InChI is InChI=1S/C16H18BrNO/c1-11-6-7-15(12(2)8-11)16(10-19)18-14-5-3-4-13(17)9-14/h3-9,16,18-19H,10H2,1-2H3. The van der Waals surface area contributed by atoms with Gasteiger partial charge in [0.05, 0.1) is 12.6 Å². The number of hydrogen-bond acceptors (Lipinski definition) is 2. The van der Waals surface area contributed by atoms with Crippen LogP contribution in [0.4, 0.5) is 5.69 Å². The summed E-state index contributed by atoms with van der Waals surface area (Å²) in [6.45, 7) is 4.22. The molecule has 0 aliphatic heterocycles. The minimum Gasteiger partial charge on any atom is -0.394 e. The van der Waals surface area contributed by atoms with Gasteiger partial charge in [-0.3, -0.25) is 0 Å². The van der Waals surface area contributed by atoms with Crippen LogP contribution in [0.5, 0.6) is 0 Å². The number of aryl methyl sites for hydroxylation is 2. The third-order valence-electron chi connectivity index (χ3n) is 3.15. The molecular weight excluding hydrogens is 302 g/mol. The summed E-state index contributed by atoms with van der Waals surface area (Å²) < 4.78 is 1.02. The minimum absolute atomic E-state index is 0.0659. The molecular formula is C16H18BrNO. The highest BCUT2D eigenvalue weighted by molar-refractivity contribution is 9.10. The monoisotopic (exact) mass is 319 g/mol. The van der Waals surface area contributed by atoms with Crippen molar-refractivity contribution in [3.63, 3.8) is 0 Å². The highest BCUT2D eigenvalue weighted by Gasteiger charge is 2.12. The molecule has 0 radical (unpaired) electrons. The van der Waals surface area contributed by atoms with Crippen LogP contribution < -0.4 is 5.32 Å². The van der Waals surface area contributed by atoms with E-state index in [0.29, 0.717) is 0 Å². The Kier molecular flexibility index (Phi) is 4.61. The van der Waals surface area contributed by atoms with Crippen LogP contribution in [0.2, 0.25) is 0 Å². The Hall–Kier alpha value is -1.32. The second-order valence-corrected chi connectivity index (χ2v) is 5.67. The maximum absolute atomic E-state index is 9.63. The molecule has 0 spiro atoms. The number of halogens is 1. The van der Waals surface area contributed by atoms with E-state index < -0.39 is 0 Å². The lowest BCUT2D eigenvalue weighted by molar-refractivity contribution is 0.276. The molecule has 2 rings (SSSR count). The summed E-state index contributed by atoms with van der Waals surface area (Å²) in [6.07, 6.45) is 0. The first-order valence-electron chi connectivity index (χ1n) is 6.30. The van der Waals surface area contributed by atoms with E-state index in [1.54, 1.807) is 0 Å². The molecule has 19 heavy (non-hydrogen) atoms. The van der Waals surface area contributed by atoms with Crippen molar-refractivity contribution in [2.24, 2.45) is 0 Å². The highest BCUT2D eigenvalue weighted by Crippen LogP contribution is 2.24. The molecule has 2 aromatic rings. The van der Waals surface area contributed by atoms with Crippen LogP contribution in [0.15, 0.2) is 46.9 Å². The normalized spacial score (nSPS) is 12.2. The second kappa shape index (κ2) is 6.22.